The quantitative estimate of drug-likeness (QED) is 0.511. The predicted molar refractivity (Wildman–Crippen MR) is 111 cm³/mol. The summed E-state index contributed by atoms with van der Waals surface area (Å²) in [5, 5.41) is 11.8. The van der Waals surface area contributed by atoms with Gasteiger partial charge >= 0.3 is 0 Å². The van der Waals surface area contributed by atoms with E-state index in [1.54, 1.807) is 6.54 Å². The van der Waals surface area contributed by atoms with E-state index in [0.29, 0.717) is 12.0 Å². The van der Waals surface area contributed by atoms with Crippen LogP contribution in [0.3, 0.4) is 0 Å². The van der Waals surface area contributed by atoms with Crippen LogP contribution in [0.2, 0.25) is 0 Å². The summed E-state index contributed by atoms with van der Waals surface area (Å²) in [4.78, 5) is 25.1. The van der Waals surface area contributed by atoms with Crippen LogP contribution in [0.4, 0.5) is 4.39 Å². The zero-order valence-corrected chi connectivity index (χ0v) is 16.9. The van der Waals surface area contributed by atoms with E-state index >= 15 is 0 Å². The van der Waals surface area contributed by atoms with Gasteiger partial charge in [-0.05, 0) is 35.8 Å². The number of amides is 2. The first-order chi connectivity index (χ1) is 14.4. The van der Waals surface area contributed by atoms with E-state index in [1.165, 1.54) is 43.3 Å². The van der Waals surface area contributed by atoms with E-state index in [-0.39, 0.29) is 30.3 Å². The summed E-state index contributed by atoms with van der Waals surface area (Å²) in [7, 11) is 3.05. The van der Waals surface area contributed by atoms with Gasteiger partial charge in [-0.2, -0.15) is 5.26 Å². The molecule has 0 atom stereocenters. The van der Waals surface area contributed by atoms with Gasteiger partial charge in [-0.3, -0.25) is 9.59 Å². The molecule has 1 radical (unpaired) electrons. The van der Waals surface area contributed by atoms with E-state index in [4.69, 9.17) is 10.00 Å². The standard InChI is InChI=1S/C23H23FN3O3/c1-27(2)23(29)19(16-25)12-18-13-20(24)15-21(14-18)30-11-9-22(28)26-10-8-17-6-4-3-5-7-17/h3-7,10,12-15H,8-9,11H2,1-2H3,(H,26,28). The first kappa shape index (κ1) is 22.6. The smallest absolute Gasteiger partial charge is 0.264 e. The van der Waals surface area contributed by atoms with Crippen LogP contribution in [0.5, 0.6) is 5.75 Å². The summed E-state index contributed by atoms with van der Waals surface area (Å²) >= 11 is 0. The molecule has 2 amide bonds. The molecule has 0 unspecified atom stereocenters. The van der Waals surface area contributed by atoms with Crippen molar-refractivity contribution < 1.29 is 18.7 Å². The number of benzene rings is 2. The number of likely N-dealkylation sites (N-methyl/N-ethyl adjacent to an activating group) is 1. The fraction of sp³-hybridized carbons (Fsp3) is 0.217. The van der Waals surface area contributed by atoms with Gasteiger partial charge in [0.1, 0.15) is 23.2 Å². The van der Waals surface area contributed by atoms with E-state index < -0.39 is 11.7 Å². The van der Waals surface area contributed by atoms with Crippen molar-refractivity contribution in [1.29, 1.82) is 5.26 Å². The van der Waals surface area contributed by atoms with Gasteiger partial charge in [0, 0.05) is 20.2 Å². The Morgan fingerprint density at radius 2 is 1.93 bits per heavy atom. The Balaban J connectivity index is 1.87. The van der Waals surface area contributed by atoms with Crippen LogP contribution in [-0.2, 0) is 16.0 Å². The maximum atomic E-state index is 13.9. The molecule has 2 rings (SSSR count). The first-order valence-electron chi connectivity index (χ1n) is 9.31. The molecular weight excluding hydrogens is 385 g/mol. The number of nitrogens with zero attached hydrogens (tertiary/aromatic N) is 2. The number of nitrogens with one attached hydrogen (secondary N) is 1. The van der Waals surface area contributed by atoms with Crippen LogP contribution in [0.15, 0.2) is 54.1 Å². The number of rotatable bonds is 9. The van der Waals surface area contributed by atoms with Crippen LogP contribution >= 0.6 is 0 Å². The van der Waals surface area contributed by atoms with Crippen molar-refractivity contribution in [2.45, 2.75) is 12.8 Å². The number of hydrogen-bond acceptors (Lipinski definition) is 4. The Labute approximate surface area is 175 Å². The molecule has 2 aromatic carbocycles. The predicted octanol–water partition coefficient (Wildman–Crippen LogP) is 3.11. The number of ether oxygens (including phenoxy) is 1. The summed E-state index contributed by atoms with van der Waals surface area (Å²) in [6.45, 7) is 1.73. The minimum Gasteiger partial charge on any atom is -0.493 e. The number of halogens is 1. The van der Waals surface area contributed by atoms with Gasteiger partial charge in [-0.1, -0.05) is 30.3 Å². The molecule has 7 heteroatoms. The Kier molecular flexibility index (Phi) is 8.57. The minimum atomic E-state index is -0.575. The fourth-order valence-electron chi connectivity index (χ4n) is 2.53. The lowest BCUT2D eigenvalue weighted by Crippen LogP contribution is -2.23. The van der Waals surface area contributed by atoms with Crippen LogP contribution in [0.25, 0.3) is 6.08 Å². The second kappa shape index (κ2) is 11.4. The molecule has 0 spiro atoms. The second-order valence-electron chi connectivity index (χ2n) is 6.65. The number of hydrogen-bond donors (Lipinski definition) is 1. The monoisotopic (exact) mass is 408 g/mol. The number of nitriles is 1. The molecule has 2 aromatic rings. The Hall–Kier alpha value is -3.66. The molecule has 1 N–H and O–H groups in total. The van der Waals surface area contributed by atoms with Crippen molar-refractivity contribution in [3.63, 3.8) is 0 Å². The van der Waals surface area contributed by atoms with Crippen molar-refractivity contribution in [1.82, 2.24) is 10.2 Å². The van der Waals surface area contributed by atoms with Gasteiger partial charge < -0.3 is 15.0 Å². The first-order valence-corrected chi connectivity index (χ1v) is 9.31. The van der Waals surface area contributed by atoms with Crippen LogP contribution < -0.4 is 10.1 Å². The molecule has 0 fully saturated rings. The van der Waals surface area contributed by atoms with Crippen LogP contribution in [0.1, 0.15) is 17.5 Å². The van der Waals surface area contributed by atoms with Crippen molar-refractivity contribution in [2.75, 3.05) is 20.7 Å². The van der Waals surface area contributed by atoms with E-state index in [1.807, 2.05) is 36.4 Å². The summed E-state index contributed by atoms with van der Waals surface area (Å²) in [6, 6.07) is 15.4. The van der Waals surface area contributed by atoms with E-state index in [2.05, 4.69) is 5.32 Å². The zero-order chi connectivity index (χ0) is 21.9. The molecule has 155 valence electrons. The molecular formula is C23H23FN3O3. The third kappa shape index (κ3) is 7.40. The zero-order valence-electron chi connectivity index (χ0n) is 16.9. The van der Waals surface area contributed by atoms with Gasteiger partial charge in [0.25, 0.3) is 5.91 Å². The van der Waals surface area contributed by atoms with Gasteiger partial charge in [-0.25, -0.2) is 4.39 Å². The topological polar surface area (TPSA) is 82.4 Å². The van der Waals surface area contributed by atoms with Crippen LogP contribution in [-0.4, -0.2) is 37.4 Å². The van der Waals surface area contributed by atoms with Gasteiger partial charge in [0.2, 0.25) is 5.91 Å². The summed E-state index contributed by atoms with van der Waals surface area (Å²) in [6.07, 6.45) is 2.00. The maximum Gasteiger partial charge on any atom is 0.264 e. The molecule has 30 heavy (non-hydrogen) atoms. The average Bonchev–Trinajstić information content (AvgIpc) is 2.72. The van der Waals surface area contributed by atoms with Gasteiger partial charge in [0.15, 0.2) is 0 Å². The summed E-state index contributed by atoms with van der Waals surface area (Å²) < 4.78 is 19.3. The third-order valence-corrected chi connectivity index (χ3v) is 4.00. The van der Waals surface area contributed by atoms with Gasteiger partial charge in [0.05, 0.1) is 19.6 Å². The Bertz CT molecular complexity index is 950. The van der Waals surface area contributed by atoms with Crippen molar-refractivity contribution in [2.24, 2.45) is 0 Å². The molecule has 0 saturated carbocycles. The number of carbonyl (C=O) groups is 2. The average molecular weight is 408 g/mol. The highest BCUT2D eigenvalue weighted by Gasteiger charge is 2.12. The lowest BCUT2D eigenvalue weighted by molar-refractivity contribution is -0.124. The third-order valence-electron chi connectivity index (χ3n) is 4.00. The molecule has 0 heterocycles. The molecule has 0 bridgehead atoms. The maximum absolute atomic E-state index is 13.9. The van der Waals surface area contributed by atoms with Crippen molar-refractivity contribution in [3.05, 3.63) is 77.6 Å². The van der Waals surface area contributed by atoms with E-state index in [0.717, 1.165) is 5.56 Å². The normalized spacial score (nSPS) is 10.8. The Morgan fingerprint density at radius 3 is 2.60 bits per heavy atom. The fourth-order valence-corrected chi connectivity index (χ4v) is 2.53. The molecule has 0 aliphatic carbocycles. The molecule has 0 aromatic heterocycles. The summed E-state index contributed by atoms with van der Waals surface area (Å²) in [5.41, 5.74) is 1.28. The Morgan fingerprint density at radius 1 is 1.20 bits per heavy atom. The number of carbonyl (C=O) groups excluding carboxylic acids is 2. The molecule has 0 aliphatic heterocycles. The minimum absolute atomic E-state index is 0.0549. The lowest BCUT2D eigenvalue weighted by Gasteiger charge is -2.10. The molecule has 0 aliphatic rings. The van der Waals surface area contributed by atoms with Crippen molar-refractivity contribution in [3.8, 4) is 11.8 Å². The highest BCUT2D eigenvalue weighted by atomic mass is 19.1. The highest BCUT2D eigenvalue weighted by Crippen LogP contribution is 2.19. The SMILES string of the molecule is CN(C)C(=O)C(C#N)=Cc1cc(F)cc(OCCC(=O)N[CH]Cc2ccccc2)c1. The largest absolute Gasteiger partial charge is 0.493 e. The second-order valence-corrected chi connectivity index (χ2v) is 6.65. The molecule has 0 saturated heterocycles. The van der Waals surface area contributed by atoms with Crippen LogP contribution in [0, 0.1) is 23.7 Å². The highest BCUT2D eigenvalue weighted by molar-refractivity contribution is 6.01. The lowest BCUT2D eigenvalue weighted by atomic mass is 10.1. The van der Waals surface area contributed by atoms with Crippen molar-refractivity contribution >= 4 is 17.9 Å². The summed E-state index contributed by atoms with van der Waals surface area (Å²) in [5.74, 6) is -1.07. The van der Waals surface area contributed by atoms with Gasteiger partial charge in [-0.15, -0.1) is 0 Å². The van der Waals surface area contributed by atoms with E-state index in [9.17, 15) is 14.0 Å². The molecule has 6 nitrogen and oxygen atoms in total.